The van der Waals surface area contributed by atoms with Gasteiger partial charge in [0.1, 0.15) is 0 Å². The van der Waals surface area contributed by atoms with Crippen LogP contribution in [0.5, 0.6) is 0 Å². The third-order valence-electron chi connectivity index (χ3n) is 3.51. The van der Waals surface area contributed by atoms with Crippen LogP contribution in [0.25, 0.3) is 0 Å². The summed E-state index contributed by atoms with van der Waals surface area (Å²) in [6.45, 7) is 9.81. The summed E-state index contributed by atoms with van der Waals surface area (Å²) < 4.78 is 27.1. The molecule has 0 radical (unpaired) electrons. The molecule has 0 aliphatic heterocycles. The molecular formula is C15H28N2O2S2. The molecule has 0 aliphatic rings. The number of nitrogens with one attached hydrogen (secondary N) is 1. The highest BCUT2D eigenvalue weighted by Crippen LogP contribution is 2.26. The highest BCUT2D eigenvalue weighted by atomic mass is 32.2. The van der Waals surface area contributed by atoms with E-state index in [1.54, 1.807) is 13.1 Å². The summed E-state index contributed by atoms with van der Waals surface area (Å²) in [6.07, 6.45) is 1.90. The average molecular weight is 333 g/mol. The van der Waals surface area contributed by atoms with Gasteiger partial charge >= 0.3 is 0 Å². The molecule has 1 unspecified atom stereocenters. The second kappa shape index (κ2) is 8.27. The molecule has 1 N–H and O–H groups in total. The van der Waals surface area contributed by atoms with Gasteiger partial charge in [-0.2, -0.15) is 4.31 Å². The standard InChI is InChI=1S/C15H28N2O2S2/c1-6-8-16-11-14-15(7-9-20-14)21(18,19)17(5)13(4)10-12(2)3/h7,9,12-13,16H,6,8,10-11H2,1-5H3. The van der Waals surface area contributed by atoms with E-state index >= 15 is 0 Å². The average Bonchev–Trinajstić information content (AvgIpc) is 2.86. The molecule has 122 valence electrons. The lowest BCUT2D eigenvalue weighted by Gasteiger charge is -2.25. The molecule has 1 aromatic rings. The second-order valence-corrected chi connectivity index (χ2v) is 8.85. The Morgan fingerprint density at radius 2 is 2.00 bits per heavy atom. The molecule has 0 amide bonds. The normalized spacial score (nSPS) is 14.0. The first-order valence-electron chi connectivity index (χ1n) is 7.55. The van der Waals surface area contributed by atoms with Crippen LogP contribution in [0.15, 0.2) is 16.3 Å². The fraction of sp³-hybridized carbons (Fsp3) is 0.733. The van der Waals surface area contributed by atoms with Gasteiger partial charge in [0.2, 0.25) is 10.0 Å². The molecular weight excluding hydrogens is 304 g/mol. The van der Waals surface area contributed by atoms with Gasteiger partial charge < -0.3 is 5.32 Å². The molecule has 0 bridgehead atoms. The van der Waals surface area contributed by atoms with Gasteiger partial charge in [-0.3, -0.25) is 0 Å². The number of sulfonamides is 1. The predicted octanol–water partition coefficient (Wildman–Crippen LogP) is 3.30. The smallest absolute Gasteiger partial charge is 0.244 e. The number of rotatable bonds is 9. The van der Waals surface area contributed by atoms with Crippen molar-refractivity contribution in [1.29, 1.82) is 0 Å². The summed E-state index contributed by atoms with van der Waals surface area (Å²) in [4.78, 5) is 1.35. The monoisotopic (exact) mass is 332 g/mol. The van der Waals surface area contributed by atoms with E-state index in [4.69, 9.17) is 0 Å². The van der Waals surface area contributed by atoms with Crippen molar-refractivity contribution in [3.63, 3.8) is 0 Å². The Bertz CT molecular complexity index is 524. The quantitative estimate of drug-likeness (QED) is 0.706. The second-order valence-electron chi connectivity index (χ2n) is 5.88. The minimum Gasteiger partial charge on any atom is -0.312 e. The zero-order valence-electron chi connectivity index (χ0n) is 13.7. The van der Waals surface area contributed by atoms with Crippen LogP contribution in [-0.2, 0) is 16.6 Å². The maximum Gasteiger partial charge on any atom is 0.244 e. The lowest BCUT2D eigenvalue weighted by atomic mass is 10.1. The van der Waals surface area contributed by atoms with Gasteiger partial charge in [-0.15, -0.1) is 11.3 Å². The largest absolute Gasteiger partial charge is 0.312 e. The van der Waals surface area contributed by atoms with Crippen molar-refractivity contribution in [3.8, 4) is 0 Å². The first-order valence-corrected chi connectivity index (χ1v) is 9.87. The van der Waals surface area contributed by atoms with Crippen LogP contribution in [0.3, 0.4) is 0 Å². The molecule has 0 aliphatic carbocycles. The molecule has 1 rings (SSSR count). The zero-order valence-corrected chi connectivity index (χ0v) is 15.4. The van der Waals surface area contributed by atoms with Gasteiger partial charge in [-0.25, -0.2) is 8.42 Å². The van der Waals surface area contributed by atoms with Gasteiger partial charge in [0.05, 0.1) is 4.90 Å². The third-order valence-corrected chi connectivity index (χ3v) is 6.61. The molecule has 0 fully saturated rings. The lowest BCUT2D eigenvalue weighted by molar-refractivity contribution is 0.337. The molecule has 0 saturated carbocycles. The molecule has 0 aromatic carbocycles. The molecule has 6 heteroatoms. The summed E-state index contributed by atoms with van der Waals surface area (Å²) in [6, 6.07) is 1.73. The first kappa shape index (κ1) is 18.6. The molecule has 21 heavy (non-hydrogen) atoms. The van der Waals surface area contributed by atoms with Gasteiger partial charge in [0.15, 0.2) is 0 Å². The fourth-order valence-corrected chi connectivity index (χ4v) is 5.04. The Morgan fingerprint density at radius 3 is 2.57 bits per heavy atom. The van der Waals surface area contributed by atoms with E-state index in [2.05, 4.69) is 26.1 Å². The van der Waals surface area contributed by atoms with Crippen LogP contribution in [0.1, 0.15) is 45.4 Å². The van der Waals surface area contributed by atoms with Crippen LogP contribution in [0.2, 0.25) is 0 Å². The van der Waals surface area contributed by atoms with Crippen molar-refractivity contribution in [2.45, 2.75) is 58.0 Å². The Labute approximate surface area is 133 Å². The van der Waals surface area contributed by atoms with Crippen LogP contribution in [-0.4, -0.2) is 32.4 Å². The van der Waals surface area contributed by atoms with Crippen molar-refractivity contribution < 1.29 is 8.42 Å². The molecule has 0 spiro atoms. The first-order chi connectivity index (χ1) is 9.80. The molecule has 4 nitrogen and oxygen atoms in total. The minimum atomic E-state index is -3.40. The maximum atomic E-state index is 12.8. The van der Waals surface area contributed by atoms with E-state index in [0.29, 0.717) is 17.4 Å². The number of hydrogen-bond donors (Lipinski definition) is 1. The van der Waals surface area contributed by atoms with E-state index < -0.39 is 10.0 Å². The van der Waals surface area contributed by atoms with Gasteiger partial charge in [0, 0.05) is 24.5 Å². The van der Waals surface area contributed by atoms with Gasteiger partial charge in [0.25, 0.3) is 0 Å². The van der Waals surface area contributed by atoms with Crippen molar-refractivity contribution in [2.75, 3.05) is 13.6 Å². The Balaban J connectivity index is 2.89. The summed E-state index contributed by atoms with van der Waals surface area (Å²) in [5, 5.41) is 5.14. The van der Waals surface area contributed by atoms with Crippen LogP contribution in [0.4, 0.5) is 0 Å². The van der Waals surface area contributed by atoms with E-state index in [1.165, 1.54) is 15.6 Å². The van der Waals surface area contributed by atoms with E-state index in [-0.39, 0.29) is 6.04 Å². The molecule has 1 heterocycles. The summed E-state index contributed by atoms with van der Waals surface area (Å²) in [7, 11) is -1.72. The van der Waals surface area contributed by atoms with Crippen LogP contribution in [0, 0.1) is 5.92 Å². The SMILES string of the molecule is CCCNCc1sccc1S(=O)(=O)N(C)C(C)CC(C)C. The summed E-state index contributed by atoms with van der Waals surface area (Å²) >= 11 is 1.50. The highest BCUT2D eigenvalue weighted by molar-refractivity contribution is 7.89. The fourth-order valence-electron chi connectivity index (χ4n) is 2.29. The maximum absolute atomic E-state index is 12.8. The molecule has 1 aromatic heterocycles. The summed E-state index contributed by atoms with van der Waals surface area (Å²) in [5.41, 5.74) is 0. The lowest BCUT2D eigenvalue weighted by Crippen LogP contribution is -2.36. The van der Waals surface area contributed by atoms with Crippen LogP contribution >= 0.6 is 11.3 Å². The molecule has 1 atom stereocenters. The predicted molar refractivity (Wildman–Crippen MR) is 90.2 cm³/mol. The summed E-state index contributed by atoms with van der Waals surface area (Å²) in [5.74, 6) is 0.478. The van der Waals surface area contributed by atoms with E-state index in [9.17, 15) is 8.42 Å². The van der Waals surface area contributed by atoms with E-state index in [1.807, 2.05) is 12.3 Å². The van der Waals surface area contributed by atoms with Crippen molar-refractivity contribution in [1.82, 2.24) is 9.62 Å². The van der Waals surface area contributed by atoms with Crippen LogP contribution < -0.4 is 5.32 Å². The van der Waals surface area contributed by atoms with Gasteiger partial charge in [-0.05, 0) is 43.7 Å². The Morgan fingerprint density at radius 1 is 1.33 bits per heavy atom. The van der Waals surface area contributed by atoms with E-state index in [0.717, 1.165) is 24.3 Å². The highest BCUT2D eigenvalue weighted by Gasteiger charge is 2.28. The number of hydrogen-bond acceptors (Lipinski definition) is 4. The topological polar surface area (TPSA) is 49.4 Å². The number of nitrogens with zero attached hydrogens (tertiary/aromatic N) is 1. The van der Waals surface area contributed by atoms with Gasteiger partial charge in [-0.1, -0.05) is 20.8 Å². The Hall–Kier alpha value is -0.430. The number of thiophene rings is 1. The van der Waals surface area contributed by atoms with Crippen molar-refractivity contribution in [2.24, 2.45) is 5.92 Å². The minimum absolute atomic E-state index is 0.00588. The van der Waals surface area contributed by atoms with Crippen molar-refractivity contribution in [3.05, 3.63) is 16.3 Å². The Kier molecular flexibility index (Phi) is 7.33. The zero-order chi connectivity index (χ0) is 16.0. The van der Waals surface area contributed by atoms with Crippen molar-refractivity contribution >= 4 is 21.4 Å². The third kappa shape index (κ3) is 5.06. The molecule has 0 saturated heterocycles.